The largest absolute Gasteiger partial charge is 0.480 e. The zero-order chi connectivity index (χ0) is 15.8. The molecule has 0 heterocycles. The van der Waals surface area contributed by atoms with Gasteiger partial charge in [-0.3, -0.25) is 14.9 Å². The summed E-state index contributed by atoms with van der Waals surface area (Å²) in [4.78, 5) is 24.3. The van der Waals surface area contributed by atoms with E-state index in [4.69, 9.17) is 5.11 Å². The summed E-state index contributed by atoms with van der Waals surface area (Å²) in [6.45, 7) is 3.58. The lowest BCUT2D eigenvalue weighted by atomic mass is 10.1. The number of carbonyl (C=O) groups excluding carboxylic acids is 1. The van der Waals surface area contributed by atoms with Crippen LogP contribution in [0.5, 0.6) is 0 Å². The summed E-state index contributed by atoms with van der Waals surface area (Å²) in [6.07, 6.45) is 3.20. The number of hydrogen-bond donors (Lipinski definition) is 3. The monoisotopic (exact) mass is 346 g/mol. The Labute approximate surface area is 141 Å². The summed E-state index contributed by atoms with van der Waals surface area (Å²) in [6, 6.07) is 6.26. The first kappa shape index (κ1) is 20.8. The van der Waals surface area contributed by atoms with E-state index in [9.17, 15) is 9.59 Å². The van der Waals surface area contributed by atoms with E-state index in [1.54, 1.807) is 18.7 Å². The van der Waals surface area contributed by atoms with Crippen molar-refractivity contribution < 1.29 is 14.7 Å². The van der Waals surface area contributed by atoms with E-state index in [2.05, 4.69) is 10.6 Å². The molecular formula is C15H23ClN2O3S. The molecule has 7 heteroatoms. The first-order valence-corrected chi connectivity index (χ1v) is 8.14. The molecule has 1 amide bonds. The average Bonchev–Trinajstić information content (AvgIpc) is 2.46. The second-order valence-electron chi connectivity index (χ2n) is 4.79. The number of nitrogens with one attached hydrogen (secondary N) is 2. The maximum atomic E-state index is 12.1. The number of thioether (sulfide) groups is 1. The van der Waals surface area contributed by atoms with Gasteiger partial charge in [0.15, 0.2) is 0 Å². The Bertz CT molecular complexity index is 499. The molecule has 0 saturated heterocycles. The van der Waals surface area contributed by atoms with Crippen LogP contribution >= 0.6 is 24.2 Å². The zero-order valence-electron chi connectivity index (χ0n) is 13.0. The van der Waals surface area contributed by atoms with Gasteiger partial charge >= 0.3 is 5.97 Å². The number of carboxylic acids is 1. The summed E-state index contributed by atoms with van der Waals surface area (Å²) < 4.78 is 0. The molecule has 1 rings (SSSR count). The van der Waals surface area contributed by atoms with Gasteiger partial charge in [-0.05, 0) is 37.8 Å². The fraction of sp³-hybridized carbons (Fsp3) is 0.467. The summed E-state index contributed by atoms with van der Waals surface area (Å²) in [5, 5.41) is 14.7. The standard InChI is InChI=1S/C15H22N2O3S.ClH/c1-4-6-13(15(19)20)16-10(2)14(18)17-11-7-5-8-12(9-11)21-3;/h5,7-10,13,16H,4,6H2,1-3H3,(H,17,18)(H,19,20);1H. The highest BCUT2D eigenvalue weighted by Gasteiger charge is 2.22. The molecule has 3 N–H and O–H groups in total. The Morgan fingerprint density at radius 2 is 2.05 bits per heavy atom. The minimum atomic E-state index is -0.930. The number of carbonyl (C=O) groups is 2. The van der Waals surface area contributed by atoms with Crippen LogP contribution in [0.15, 0.2) is 29.2 Å². The normalized spacial score (nSPS) is 12.9. The van der Waals surface area contributed by atoms with Crippen molar-refractivity contribution in [2.24, 2.45) is 0 Å². The van der Waals surface area contributed by atoms with Crippen LogP contribution in [-0.4, -0.2) is 35.3 Å². The van der Waals surface area contributed by atoms with Crippen LogP contribution in [0.1, 0.15) is 26.7 Å². The minimum Gasteiger partial charge on any atom is -0.480 e. The maximum absolute atomic E-state index is 12.1. The number of halogens is 1. The minimum absolute atomic E-state index is 0. The van der Waals surface area contributed by atoms with E-state index in [0.717, 1.165) is 11.3 Å². The second-order valence-corrected chi connectivity index (χ2v) is 5.67. The average molecular weight is 347 g/mol. The van der Waals surface area contributed by atoms with Crippen molar-refractivity contribution in [3.8, 4) is 0 Å². The summed E-state index contributed by atoms with van der Waals surface area (Å²) in [5.41, 5.74) is 0.711. The highest BCUT2D eigenvalue weighted by atomic mass is 35.5. The van der Waals surface area contributed by atoms with Crippen molar-refractivity contribution in [2.75, 3.05) is 11.6 Å². The third-order valence-corrected chi connectivity index (χ3v) is 3.78. The quantitative estimate of drug-likeness (QED) is 0.631. The van der Waals surface area contributed by atoms with Gasteiger partial charge < -0.3 is 10.4 Å². The number of hydrogen-bond acceptors (Lipinski definition) is 4. The molecule has 0 saturated carbocycles. The molecule has 0 aliphatic heterocycles. The molecule has 0 aliphatic carbocycles. The van der Waals surface area contributed by atoms with Crippen molar-refractivity contribution in [1.29, 1.82) is 0 Å². The first-order valence-electron chi connectivity index (χ1n) is 6.91. The molecule has 22 heavy (non-hydrogen) atoms. The Hall–Kier alpha value is -1.24. The first-order chi connectivity index (χ1) is 9.97. The molecule has 1 aromatic rings. The molecule has 0 aliphatic rings. The number of aliphatic carboxylic acids is 1. The van der Waals surface area contributed by atoms with Crippen molar-refractivity contribution in [2.45, 2.75) is 43.7 Å². The Kier molecular flexibility index (Phi) is 9.89. The van der Waals surface area contributed by atoms with Crippen molar-refractivity contribution in [1.82, 2.24) is 5.32 Å². The Morgan fingerprint density at radius 3 is 2.59 bits per heavy atom. The van der Waals surface area contributed by atoms with Crippen LogP contribution in [0, 0.1) is 0 Å². The van der Waals surface area contributed by atoms with Crippen LogP contribution in [0.3, 0.4) is 0 Å². The van der Waals surface area contributed by atoms with Crippen LogP contribution in [0.25, 0.3) is 0 Å². The van der Waals surface area contributed by atoms with Gasteiger partial charge in [-0.1, -0.05) is 19.4 Å². The molecule has 2 atom stereocenters. The SMILES string of the molecule is CCCC(NC(C)C(=O)Nc1cccc(SC)c1)C(=O)O.Cl. The molecule has 0 spiro atoms. The number of amides is 1. The number of benzene rings is 1. The van der Waals surface area contributed by atoms with Crippen molar-refractivity contribution in [3.05, 3.63) is 24.3 Å². The zero-order valence-corrected chi connectivity index (χ0v) is 14.6. The lowest BCUT2D eigenvalue weighted by Crippen LogP contribution is -2.47. The van der Waals surface area contributed by atoms with Gasteiger partial charge in [0.1, 0.15) is 6.04 Å². The van der Waals surface area contributed by atoms with Crippen LogP contribution in [-0.2, 0) is 9.59 Å². The van der Waals surface area contributed by atoms with Gasteiger partial charge in [0.25, 0.3) is 0 Å². The molecule has 0 fully saturated rings. The number of anilines is 1. The molecule has 1 aromatic carbocycles. The van der Waals surface area contributed by atoms with Gasteiger partial charge in [-0.2, -0.15) is 0 Å². The molecule has 124 valence electrons. The lowest BCUT2D eigenvalue weighted by molar-refractivity contribution is -0.140. The predicted molar refractivity (Wildman–Crippen MR) is 93.0 cm³/mol. The van der Waals surface area contributed by atoms with Gasteiger partial charge in [0.05, 0.1) is 6.04 Å². The summed E-state index contributed by atoms with van der Waals surface area (Å²) >= 11 is 1.59. The Balaban J connectivity index is 0.00000441. The number of carboxylic acid groups (broad SMARTS) is 1. The van der Waals surface area contributed by atoms with E-state index in [-0.39, 0.29) is 18.3 Å². The smallest absolute Gasteiger partial charge is 0.320 e. The molecule has 0 aromatic heterocycles. The van der Waals surface area contributed by atoms with Gasteiger partial charge in [0, 0.05) is 10.6 Å². The van der Waals surface area contributed by atoms with Gasteiger partial charge in [0.2, 0.25) is 5.91 Å². The van der Waals surface area contributed by atoms with Crippen LogP contribution < -0.4 is 10.6 Å². The van der Waals surface area contributed by atoms with Gasteiger partial charge in [-0.15, -0.1) is 24.2 Å². The maximum Gasteiger partial charge on any atom is 0.320 e. The number of rotatable bonds is 8. The van der Waals surface area contributed by atoms with E-state index >= 15 is 0 Å². The molecule has 0 bridgehead atoms. The third kappa shape index (κ3) is 6.68. The molecule has 2 unspecified atom stereocenters. The lowest BCUT2D eigenvalue weighted by Gasteiger charge is -2.19. The fourth-order valence-electron chi connectivity index (χ4n) is 1.90. The molecule has 5 nitrogen and oxygen atoms in total. The van der Waals surface area contributed by atoms with Crippen LogP contribution in [0.4, 0.5) is 5.69 Å². The predicted octanol–water partition coefficient (Wildman–Crippen LogP) is 3.00. The highest BCUT2D eigenvalue weighted by molar-refractivity contribution is 7.98. The van der Waals surface area contributed by atoms with E-state index in [1.165, 1.54) is 0 Å². The second kappa shape index (κ2) is 10.5. The van der Waals surface area contributed by atoms with Crippen molar-refractivity contribution in [3.63, 3.8) is 0 Å². The molecular weight excluding hydrogens is 324 g/mol. The fourth-order valence-corrected chi connectivity index (χ4v) is 2.36. The highest BCUT2D eigenvalue weighted by Crippen LogP contribution is 2.19. The third-order valence-electron chi connectivity index (χ3n) is 3.06. The van der Waals surface area contributed by atoms with E-state index < -0.39 is 18.1 Å². The van der Waals surface area contributed by atoms with E-state index in [1.807, 2.05) is 37.4 Å². The summed E-state index contributed by atoms with van der Waals surface area (Å²) in [7, 11) is 0. The van der Waals surface area contributed by atoms with Crippen molar-refractivity contribution >= 4 is 41.7 Å². The topological polar surface area (TPSA) is 78.4 Å². The van der Waals surface area contributed by atoms with E-state index in [0.29, 0.717) is 12.1 Å². The Morgan fingerprint density at radius 1 is 1.36 bits per heavy atom. The summed E-state index contributed by atoms with van der Waals surface area (Å²) in [5.74, 6) is -1.17. The van der Waals surface area contributed by atoms with Gasteiger partial charge in [-0.25, -0.2) is 0 Å². The van der Waals surface area contributed by atoms with Crippen LogP contribution in [0.2, 0.25) is 0 Å². The molecule has 0 radical (unpaired) electrons.